The lowest BCUT2D eigenvalue weighted by molar-refractivity contribution is -0.137. The van der Waals surface area contributed by atoms with Crippen LogP contribution in [0.1, 0.15) is 33.7 Å². The second kappa shape index (κ2) is 9.45. The third-order valence-corrected chi connectivity index (χ3v) is 9.40. The average molecular weight is 587 g/mol. The zero-order valence-electron chi connectivity index (χ0n) is 21.5. The van der Waals surface area contributed by atoms with Gasteiger partial charge >= 0.3 is 6.18 Å². The van der Waals surface area contributed by atoms with Crippen molar-refractivity contribution >= 4 is 21.9 Å². The number of carbonyl (C=O) groups excluding carboxylic acids is 1. The number of fused-ring (bicyclic) bond motifs is 2. The van der Waals surface area contributed by atoms with Crippen LogP contribution in [0.2, 0.25) is 0 Å². The first kappa shape index (κ1) is 27.0. The standard InChI is InChI=1S/C27H22F4N6O3S/c1-35-11-9-33-25(35)41(39,40)36-10-7-18-13-23-17(15-34-37(23)21-4-2-20(28)3-5-21)14-26(18,16-36)24(38)22-12-19(6-8-32-22)27(29,30)31/h2-6,8-9,11-13,15H,7,10,14,16H2,1H3. The van der Waals surface area contributed by atoms with Crippen LogP contribution in [0, 0.1) is 11.2 Å². The van der Waals surface area contributed by atoms with Crippen LogP contribution in [-0.2, 0) is 29.7 Å². The Morgan fingerprint density at radius 2 is 1.83 bits per heavy atom. The molecule has 1 aromatic carbocycles. The van der Waals surface area contributed by atoms with E-state index in [4.69, 9.17) is 0 Å². The van der Waals surface area contributed by atoms with Crippen LogP contribution in [0.25, 0.3) is 11.8 Å². The van der Waals surface area contributed by atoms with Crippen molar-refractivity contribution in [2.45, 2.75) is 24.2 Å². The molecule has 4 heterocycles. The van der Waals surface area contributed by atoms with E-state index in [1.807, 2.05) is 0 Å². The van der Waals surface area contributed by atoms with Crippen molar-refractivity contribution in [1.82, 2.24) is 28.6 Å². The Hall–Kier alpha value is -4.17. The molecule has 0 spiro atoms. The summed E-state index contributed by atoms with van der Waals surface area (Å²) < 4.78 is 85.4. The zero-order valence-corrected chi connectivity index (χ0v) is 22.3. The van der Waals surface area contributed by atoms with E-state index in [0.29, 0.717) is 28.6 Å². The van der Waals surface area contributed by atoms with Gasteiger partial charge < -0.3 is 4.57 Å². The number of benzene rings is 1. The van der Waals surface area contributed by atoms with Gasteiger partial charge in [-0.15, -0.1) is 0 Å². The minimum Gasteiger partial charge on any atom is -0.324 e. The molecule has 1 aliphatic carbocycles. The van der Waals surface area contributed by atoms with Gasteiger partial charge in [0, 0.05) is 38.7 Å². The molecule has 0 bridgehead atoms. The van der Waals surface area contributed by atoms with Crippen LogP contribution in [0.5, 0.6) is 0 Å². The highest BCUT2D eigenvalue weighted by molar-refractivity contribution is 7.89. The van der Waals surface area contributed by atoms with Gasteiger partial charge in [0.2, 0.25) is 5.16 Å². The van der Waals surface area contributed by atoms with Crippen molar-refractivity contribution in [3.63, 3.8) is 0 Å². The molecule has 0 radical (unpaired) electrons. The number of alkyl halides is 3. The second-order valence-corrected chi connectivity index (χ2v) is 11.9. The monoisotopic (exact) mass is 586 g/mol. The molecule has 9 nitrogen and oxygen atoms in total. The van der Waals surface area contributed by atoms with E-state index in [-0.39, 0.29) is 31.1 Å². The molecular formula is C27H22F4N6O3S. The number of aromatic nitrogens is 5. The molecule has 1 aliphatic heterocycles. The van der Waals surface area contributed by atoms with Crippen molar-refractivity contribution < 1.29 is 30.8 Å². The second-order valence-electron chi connectivity index (χ2n) is 10.0. The predicted molar refractivity (Wildman–Crippen MR) is 138 cm³/mol. The summed E-state index contributed by atoms with van der Waals surface area (Å²) in [7, 11) is -2.63. The maximum absolute atomic E-state index is 14.2. The normalized spacial score (nSPS) is 19.4. The van der Waals surface area contributed by atoms with Crippen LogP contribution in [0.3, 0.4) is 0 Å². The van der Waals surface area contributed by atoms with Crippen LogP contribution in [-0.4, -0.2) is 55.9 Å². The van der Waals surface area contributed by atoms with Crippen molar-refractivity contribution in [1.29, 1.82) is 0 Å². The van der Waals surface area contributed by atoms with Gasteiger partial charge in [0.1, 0.15) is 11.5 Å². The molecule has 212 valence electrons. The molecule has 1 atom stereocenters. The first-order valence-corrected chi connectivity index (χ1v) is 13.9. The van der Waals surface area contributed by atoms with Gasteiger partial charge in [-0.1, -0.05) is 5.57 Å². The molecule has 6 rings (SSSR count). The quantitative estimate of drug-likeness (QED) is 0.258. The number of sulfonamides is 1. The summed E-state index contributed by atoms with van der Waals surface area (Å²) in [6, 6.07) is 7.13. The van der Waals surface area contributed by atoms with Crippen LogP contribution in [0.4, 0.5) is 17.6 Å². The number of hydrogen-bond donors (Lipinski definition) is 0. The van der Waals surface area contributed by atoms with Crippen LogP contribution >= 0.6 is 0 Å². The number of carbonyl (C=O) groups is 1. The Balaban J connectivity index is 1.48. The Kier molecular flexibility index (Phi) is 6.23. The Labute approximate surface area is 231 Å². The number of piperidine rings is 1. The number of pyridine rings is 1. The fourth-order valence-corrected chi connectivity index (χ4v) is 7.07. The molecule has 1 unspecified atom stereocenters. The van der Waals surface area contributed by atoms with E-state index in [9.17, 15) is 30.8 Å². The molecule has 4 aromatic rings. The van der Waals surface area contributed by atoms with E-state index < -0.39 is 44.5 Å². The number of aryl methyl sites for hydroxylation is 1. The highest BCUT2D eigenvalue weighted by Gasteiger charge is 2.52. The summed E-state index contributed by atoms with van der Waals surface area (Å²) in [5, 5.41) is 4.20. The molecule has 2 aliphatic rings. The topological polar surface area (TPSA) is 103 Å². The fourth-order valence-electron chi connectivity index (χ4n) is 5.50. The molecular weight excluding hydrogens is 564 g/mol. The van der Waals surface area contributed by atoms with Gasteiger partial charge in [-0.2, -0.15) is 22.6 Å². The Morgan fingerprint density at radius 1 is 1.07 bits per heavy atom. The highest BCUT2D eigenvalue weighted by atomic mass is 32.2. The molecule has 1 saturated heterocycles. The lowest BCUT2D eigenvalue weighted by Crippen LogP contribution is -2.53. The number of hydrogen-bond acceptors (Lipinski definition) is 6. The van der Waals surface area contributed by atoms with Crippen molar-refractivity contribution in [3.05, 3.63) is 95.1 Å². The molecule has 41 heavy (non-hydrogen) atoms. The van der Waals surface area contributed by atoms with Gasteiger partial charge in [-0.25, -0.2) is 22.5 Å². The molecule has 0 N–H and O–H groups in total. The van der Waals surface area contributed by atoms with E-state index >= 15 is 0 Å². The summed E-state index contributed by atoms with van der Waals surface area (Å²) in [6.07, 6.45) is 2.38. The number of rotatable bonds is 5. The van der Waals surface area contributed by atoms with E-state index in [1.165, 1.54) is 42.3 Å². The Morgan fingerprint density at radius 3 is 2.51 bits per heavy atom. The van der Waals surface area contributed by atoms with E-state index in [0.717, 1.165) is 16.6 Å². The summed E-state index contributed by atoms with van der Waals surface area (Å²) in [6.45, 7) is -0.307. The smallest absolute Gasteiger partial charge is 0.324 e. The summed E-state index contributed by atoms with van der Waals surface area (Å²) >= 11 is 0. The van der Waals surface area contributed by atoms with Crippen molar-refractivity contribution in [2.24, 2.45) is 12.5 Å². The number of Topliss-reactive ketones (excluding diaryl/α,β-unsaturated/α-hetero) is 1. The molecule has 3 aromatic heterocycles. The molecule has 0 amide bonds. The Bertz CT molecular complexity index is 1810. The van der Waals surface area contributed by atoms with Gasteiger partial charge in [-0.3, -0.25) is 9.78 Å². The molecule has 0 saturated carbocycles. The largest absolute Gasteiger partial charge is 0.416 e. The summed E-state index contributed by atoms with van der Waals surface area (Å²) in [5.41, 5.74) is -0.690. The maximum atomic E-state index is 14.2. The number of halogens is 4. The third kappa shape index (κ3) is 4.47. The summed E-state index contributed by atoms with van der Waals surface area (Å²) in [5.74, 6) is -1.15. The van der Waals surface area contributed by atoms with Gasteiger partial charge in [0.25, 0.3) is 10.0 Å². The van der Waals surface area contributed by atoms with Gasteiger partial charge in [0.05, 0.1) is 28.6 Å². The van der Waals surface area contributed by atoms with Gasteiger partial charge in [-0.05, 0) is 60.9 Å². The first-order chi connectivity index (χ1) is 19.4. The molecule has 1 fully saturated rings. The van der Waals surface area contributed by atoms with Crippen LogP contribution < -0.4 is 0 Å². The number of ketones is 1. The highest BCUT2D eigenvalue weighted by Crippen LogP contribution is 2.47. The predicted octanol–water partition coefficient (Wildman–Crippen LogP) is 4.06. The summed E-state index contributed by atoms with van der Waals surface area (Å²) in [4.78, 5) is 22.1. The van der Waals surface area contributed by atoms with E-state index in [2.05, 4.69) is 15.1 Å². The molecule has 14 heteroatoms. The van der Waals surface area contributed by atoms with Crippen molar-refractivity contribution in [2.75, 3.05) is 13.1 Å². The fraction of sp³-hybridized carbons (Fsp3) is 0.259. The third-order valence-electron chi connectivity index (χ3n) is 7.55. The number of imidazole rings is 1. The number of nitrogens with zero attached hydrogens (tertiary/aromatic N) is 6. The van der Waals surface area contributed by atoms with E-state index in [1.54, 1.807) is 22.9 Å². The minimum absolute atomic E-state index is 0.0199. The lowest BCUT2D eigenvalue weighted by Gasteiger charge is -2.44. The average Bonchev–Trinajstić information content (AvgIpc) is 3.57. The van der Waals surface area contributed by atoms with Crippen molar-refractivity contribution in [3.8, 4) is 5.69 Å². The first-order valence-electron chi connectivity index (χ1n) is 12.5. The lowest BCUT2D eigenvalue weighted by atomic mass is 9.65. The minimum atomic E-state index is -4.70. The SMILES string of the molecule is Cn1ccnc1S(=O)(=O)N1CCC2=Cc3c(cnn3-c3ccc(F)cc3)CC2(C(=O)c2cc(C(F)(F)F)ccn2)C1. The van der Waals surface area contributed by atoms with Gasteiger partial charge in [0.15, 0.2) is 5.78 Å². The maximum Gasteiger partial charge on any atom is 0.416 e. The van der Waals surface area contributed by atoms with Crippen LogP contribution in [0.15, 0.2) is 71.9 Å². The zero-order chi connectivity index (χ0) is 29.2.